The fourth-order valence-corrected chi connectivity index (χ4v) is 3.83. The van der Waals surface area contributed by atoms with Crippen molar-refractivity contribution < 1.29 is 4.79 Å². The summed E-state index contributed by atoms with van der Waals surface area (Å²) in [6, 6.07) is 3.53. The molecule has 6 nitrogen and oxygen atoms in total. The Balaban J connectivity index is 1.50. The molecule has 0 atom stereocenters. The number of rotatable bonds is 4. The van der Waals surface area contributed by atoms with E-state index in [4.69, 9.17) is 0 Å². The van der Waals surface area contributed by atoms with Crippen LogP contribution in [0, 0.1) is 6.92 Å². The summed E-state index contributed by atoms with van der Waals surface area (Å²) >= 11 is 1.56. The third-order valence-electron chi connectivity index (χ3n) is 4.15. The molecule has 0 aromatic carbocycles. The maximum atomic E-state index is 12.1. The van der Waals surface area contributed by atoms with Crippen molar-refractivity contribution in [3.05, 3.63) is 44.8 Å². The fourth-order valence-electron chi connectivity index (χ4n) is 3.03. The molecule has 1 aliphatic rings. The first kappa shape index (κ1) is 15.9. The summed E-state index contributed by atoms with van der Waals surface area (Å²) in [6.07, 6.45) is 7.28. The summed E-state index contributed by atoms with van der Waals surface area (Å²) in [5.74, 6) is 0.0482. The molecule has 2 aromatic heterocycles. The summed E-state index contributed by atoms with van der Waals surface area (Å²) in [6.45, 7) is 1.94. The number of nitrogens with zero attached hydrogens (tertiary/aromatic N) is 3. The Morgan fingerprint density at radius 1 is 1.39 bits per heavy atom. The summed E-state index contributed by atoms with van der Waals surface area (Å²) < 4.78 is 1.57. The molecule has 0 aliphatic heterocycles. The molecule has 1 saturated carbocycles. The van der Waals surface area contributed by atoms with Gasteiger partial charge in [-0.2, -0.15) is 5.10 Å². The molecule has 1 fully saturated rings. The number of thiazole rings is 1. The largest absolute Gasteiger partial charge is 0.353 e. The topological polar surface area (TPSA) is 76.9 Å². The molecular weight excluding hydrogens is 312 g/mol. The average Bonchev–Trinajstić information content (AvgIpc) is 2.93. The van der Waals surface area contributed by atoms with Crippen molar-refractivity contribution in [3.63, 3.8) is 0 Å². The standard InChI is InChI=1S/C16H20N4O2S/c1-11-17-10-14(23-11)9-15(21)19-12-4-6-13(7-5-12)20-16(22)3-2-8-18-20/h2-3,8,10,12-13H,4-7,9H2,1H3,(H,19,21). The highest BCUT2D eigenvalue weighted by Gasteiger charge is 2.24. The fraction of sp³-hybridized carbons (Fsp3) is 0.500. The van der Waals surface area contributed by atoms with Gasteiger partial charge in [-0.15, -0.1) is 11.3 Å². The van der Waals surface area contributed by atoms with Crippen LogP contribution in [0.3, 0.4) is 0 Å². The van der Waals surface area contributed by atoms with E-state index in [0.29, 0.717) is 6.42 Å². The molecular formula is C16H20N4O2S. The number of aromatic nitrogens is 3. The first-order valence-corrected chi connectivity index (χ1v) is 8.68. The van der Waals surface area contributed by atoms with Crippen molar-refractivity contribution in [1.82, 2.24) is 20.1 Å². The third kappa shape index (κ3) is 4.04. The predicted octanol–water partition coefficient (Wildman–Crippen LogP) is 1.85. The summed E-state index contributed by atoms with van der Waals surface area (Å²) in [5, 5.41) is 8.23. The second-order valence-electron chi connectivity index (χ2n) is 5.90. The molecule has 2 aromatic rings. The van der Waals surface area contributed by atoms with Crippen LogP contribution in [0.5, 0.6) is 0 Å². The van der Waals surface area contributed by atoms with E-state index in [0.717, 1.165) is 35.6 Å². The van der Waals surface area contributed by atoms with Gasteiger partial charge in [0.15, 0.2) is 0 Å². The maximum Gasteiger partial charge on any atom is 0.266 e. The molecule has 0 radical (unpaired) electrons. The van der Waals surface area contributed by atoms with E-state index in [1.54, 1.807) is 34.5 Å². The first-order chi connectivity index (χ1) is 11.1. The Hall–Kier alpha value is -2.02. The molecule has 1 aliphatic carbocycles. The van der Waals surface area contributed by atoms with Crippen molar-refractivity contribution in [2.75, 3.05) is 0 Å². The van der Waals surface area contributed by atoms with Gasteiger partial charge in [0.1, 0.15) is 0 Å². The van der Waals surface area contributed by atoms with Crippen LogP contribution >= 0.6 is 11.3 Å². The predicted molar refractivity (Wildman–Crippen MR) is 88.5 cm³/mol. The minimum atomic E-state index is -0.0550. The maximum absolute atomic E-state index is 12.1. The van der Waals surface area contributed by atoms with Crippen LogP contribution in [-0.4, -0.2) is 26.7 Å². The summed E-state index contributed by atoms with van der Waals surface area (Å²) in [4.78, 5) is 29.1. The number of amides is 1. The molecule has 3 rings (SSSR count). The van der Waals surface area contributed by atoms with Gasteiger partial charge in [-0.3, -0.25) is 9.59 Å². The Bertz CT molecular complexity index is 731. The molecule has 1 N–H and O–H groups in total. The molecule has 1 amide bonds. The monoisotopic (exact) mass is 332 g/mol. The molecule has 2 heterocycles. The van der Waals surface area contributed by atoms with E-state index in [1.807, 2.05) is 6.92 Å². The Kier molecular flexibility index (Phi) is 4.85. The molecule has 23 heavy (non-hydrogen) atoms. The normalized spacial score (nSPS) is 21.1. The van der Waals surface area contributed by atoms with Crippen LogP contribution < -0.4 is 10.9 Å². The van der Waals surface area contributed by atoms with Crippen molar-refractivity contribution in [2.45, 2.75) is 51.1 Å². The summed E-state index contributed by atoms with van der Waals surface area (Å²) in [5.41, 5.74) is -0.0550. The molecule has 122 valence electrons. The van der Waals surface area contributed by atoms with Crippen molar-refractivity contribution in [3.8, 4) is 0 Å². The van der Waals surface area contributed by atoms with Crippen molar-refractivity contribution in [2.24, 2.45) is 0 Å². The van der Waals surface area contributed by atoms with Gasteiger partial charge in [0.05, 0.1) is 17.5 Å². The van der Waals surface area contributed by atoms with Crippen LogP contribution in [-0.2, 0) is 11.2 Å². The van der Waals surface area contributed by atoms with Gasteiger partial charge < -0.3 is 5.32 Å². The Morgan fingerprint density at radius 3 is 2.83 bits per heavy atom. The van der Waals surface area contributed by atoms with Gasteiger partial charge in [-0.05, 0) is 38.7 Å². The van der Waals surface area contributed by atoms with Crippen LogP contribution in [0.25, 0.3) is 0 Å². The minimum Gasteiger partial charge on any atom is -0.353 e. The van der Waals surface area contributed by atoms with Crippen LogP contribution in [0.15, 0.2) is 29.3 Å². The number of carbonyl (C=O) groups excluding carboxylic acids is 1. The number of nitrogens with one attached hydrogen (secondary N) is 1. The highest BCUT2D eigenvalue weighted by Crippen LogP contribution is 2.26. The molecule has 7 heteroatoms. The van der Waals surface area contributed by atoms with Crippen LogP contribution in [0.1, 0.15) is 41.6 Å². The van der Waals surface area contributed by atoms with E-state index >= 15 is 0 Å². The highest BCUT2D eigenvalue weighted by atomic mass is 32.1. The van der Waals surface area contributed by atoms with Gasteiger partial charge in [-0.1, -0.05) is 0 Å². The van der Waals surface area contributed by atoms with Crippen LogP contribution in [0.4, 0.5) is 0 Å². The zero-order valence-electron chi connectivity index (χ0n) is 13.1. The number of carbonyl (C=O) groups is 1. The van der Waals surface area contributed by atoms with Crippen molar-refractivity contribution in [1.29, 1.82) is 0 Å². The Labute approximate surface area is 138 Å². The lowest BCUT2D eigenvalue weighted by Crippen LogP contribution is -2.40. The van der Waals surface area contributed by atoms with Gasteiger partial charge in [0.25, 0.3) is 5.56 Å². The second kappa shape index (κ2) is 7.04. The molecule has 0 bridgehead atoms. The smallest absolute Gasteiger partial charge is 0.266 e. The lowest BCUT2D eigenvalue weighted by atomic mass is 9.91. The molecule has 0 unspecified atom stereocenters. The van der Waals surface area contributed by atoms with E-state index in [9.17, 15) is 9.59 Å². The zero-order valence-corrected chi connectivity index (χ0v) is 13.9. The Morgan fingerprint density at radius 2 is 2.17 bits per heavy atom. The number of hydrogen-bond acceptors (Lipinski definition) is 5. The summed E-state index contributed by atoms with van der Waals surface area (Å²) in [7, 11) is 0. The minimum absolute atomic E-state index is 0.0482. The number of hydrogen-bond donors (Lipinski definition) is 1. The third-order valence-corrected chi connectivity index (χ3v) is 5.07. The zero-order chi connectivity index (χ0) is 16.2. The number of aryl methyl sites for hydroxylation is 1. The van der Waals surface area contributed by atoms with E-state index in [-0.39, 0.29) is 23.6 Å². The quantitative estimate of drug-likeness (QED) is 0.927. The van der Waals surface area contributed by atoms with Gasteiger partial charge in [0.2, 0.25) is 5.91 Å². The van der Waals surface area contributed by atoms with Gasteiger partial charge >= 0.3 is 0 Å². The molecule has 0 saturated heterocycles. The van der Waals surface area contributed by atoms with E-state index < -0.39 is 0 Å². The second-order valence-corrected chi connectivity index (χ2v) is 7.22. The van der Waals surface area contributed by atoms with Crippen molar-refractivity contribution >= 4 is 17.2 Å². The average molecular weight is 332 g/mol. The van der Waals surface area contributed by atoms with E-state index in [1.165, 1.54) is 6.07 Å². The van der Waals surface area contributed by atoms with Crippen LogP contribution in [0.2, 0.25) is 0 Å². The van der Waals surface area contributed by atoms with E-state index in [2.05, 4.69) is 15.4 Å². The van der Waals surface area contributed by atoms with Gasteiger partial charge in [-0.25, -0.2) is 9.67 Å². The SMILES string of the molecule is Cc1ncc(CC(=O)NC2CCC(n3ncccc3=O)CC2)s1. The highest BCUT2D eigenvalue weighted by molar-refractivity contribution is 7.11. The lowest BCUT2D eigenvalue weighted by Gasteiger charge is -2.29. The lowest BCUT2D eigenvalue weighted by molar-refractivity contribution is -0.121. The van der Waals surface area contributed by atoms with Gasteiger partial charge in [0, 0.05) is 29.4 Å². The first-order valence-electron chi connectivity index (χ1n) is 7.86. The molecule has 0 spiro atoms.